The number of aromatic nitrogens is 1. The Labute approximate surface area is 124 Å². The van der Waals surface area contributed by atoms with Crippen LogP contribution in [0.2, 0.25) is 0 Å². The van der Waals surface area contributed by atoms with Gasteiger partial charge in [0.25, 0.3) is 5.91 Å². The van der Waals surface area contributed by atoms with E-state index in [0.29, 0.717) is 12.1 Å². The molecule has 1 amide bonds. The van der Waals surface area contributed by atoms with Gasteiger partial charge in [-0.3, -0.25) is 4.79 Å². The lowest BCUT2D eigenvalue weighted by atomic mass is 10.2. The molecule has 6 heteroatoms. The van der Waals surface area contributed by atoms with Crippen molar-refractivity contribution < 1.29 is 13.2 Å². The molecule has 1 aromatic carbocycles. The van der Waals surface area contributed by atoms with Gasteiger partial charge < -0.3 is 9.88 Å². The van der Waals surface area contributed by atoms with Crippen LogP contribution in [0.25, 0.3) is 0 Å². The third-order valence-electron chi connectivity index (χ3n) is 3.43. The largest absolute Gasteiger partial charge is 0.350 e. The number of sulfone groups is 1. The Hall–Kier alpha value is -2.08. The number of hydrogen-bond donors (Lipinski definition) is 1. The highest BCUT2D eigenvalue weighted by molar-refractivity contribution is 7.90. The number of rotatable bonds is 4. The second-order valence-electron chi connectivity index (χ2n) is 5.01. The van der Waals surface area contributed by atoms with Crippen molar-refractivity contribution in [2.24, 2.45) is 7.05 Å². The quantitative estimate of drug-likeness (QED) is 0.934. The lowest BCUT2D eigenvalue weighted by Crippen LogP contribution is -2.24. The van der Waals surface area contributed by atoms with E-state index in [4.69, 9.17) is 0 Å². The van der Waals surface area contributed by atoms with Crippen molar-refractivity contribution in [1.82, 2.24) is 9.88 Å². The first-order valence-electron chi connectivity index (χ1n) is 6.48. The number of nitrogens with zero attached hydrogens (tertiary/aromatic N) is 1. The average Bonchev–Trinajstić information content (AvgIpc) is 2.75. The summed E-state index contributed by atoms with van der Waals surface area (Å²) in [6, 6.07) is 9.96. The fourth-order valence-corrected chi connectivity index (χ4v) is 2.65. The fourth-order valence-electron chi connectivity index (χ4n) is 1.99. The highest BCUT2D eigenvalue weighted by Crippen LogP contribution is 2.12. The summed E-state index contributed by atoms with van der Waals surface area (Å²) in [5.41, 5.74) is 2.43. The smallest absolute Gasteiger partial charge is 0.251 e. The molecule has 0 aliphatic rings. The van der Waals surface area contributed by atoms with Crippen LogP contribution in [-0.2, 0) is 23.4 Å². The van der Waals surface area contributed by atoms with Gasteiger partial charge in [0.2, 0.25) is 0 Å². The summed E-state index contributed by atoms with van der Waals surface area (Å²) in [6.45, 7) is 2.38. The number of aryl methyl sites for hydroxylation is 1. The van der Waals surface area contributed by atoms with E-state index in [0.717, 1.165) is 17.6 Å². The molecular weight excluding hydrogens is 288 g/mol. The molecule has 1 N–H and O–H groups in total. The normalized spacial score (nSPS) is 11.4. The van der Waals surface area contributed by atoms with Gasteiger partial charge in [-0.1, -0.05) is 6.07 Å². The Morgan fingerprint density at radius 2 is 1.95 bits per heavy atom. The molecule has 0 aliphatic carbocycles. The lowest BCUT2D eigenvalue weighted by Gasteiger charge is -2.08. The van der Waals surface area contributed by atoms with Gasteiger partial charge in [-0.2, -0.15) is 0 Å². The number of carbonyl (C=O) groups excluding carboxylic acids is 1. The Kier molecular flexibility index (Phi) is 4.18. The van der Waals surface area contributed by atoms with Crippen LogP contribution in [0, 0.1) is 6.92 Å². The maximum Gasteiger partial charge on any atom is 0.251 e. The van der Waals surface area contributed by atoms with E-state index < -0.39 is 9.84 Å². The predicted octanol–water partition coefficient (Wildman–Crippen LogP) is 1.67. The third-order valence-corrected chi connectivity index (χ3v) is 4.54. The van der Waals surface area contributed by atoms with Gasteiger partial charge in [0.1, 0.15) is 0 Å². The number of amides is 1. The minimum absolute atomic E-state index is 0.143. The second kappa shape index (κ2) is 5.73. The van der Waals surface area contributed by atoms with Crippen molar-refractivity contribution in [1.29, 1.82) is 0 Å². The van der Waals surface area contributed by atoms with Crippen molar-refractivity contribution in [3.63, 3.8) is 0 Å². The van der Waals surface area contributed by atoms with E-state index >= 15 is 0 Å². The average molecular weight is 306 g/mol. The number of carbonyl (C=O) groups is 1. The van der Waals surface area contributed by atoms with E-state index in [-0.39, 0.29) is 10.8 Å². The molecule has 0 bridgehead atoms. The van der Waals surface area contributed by atoms with E-state index in [1.165, 1.54) is 12.1 Å². The molecule has 0 unspecified atom stereocenters. The number of hydrogen-bond acceptors (Lipinski definition) is 3. The van der Waals surface area contributed by atoms with Gasteiger partial charge in [0, 0.05) is 30.3 Å². The van der Waals surface area contributed by atoms with Crippen LogP contribution in [-0.4, -0.2) is 25.1 Å². The Morgan fingerprint density at radius 1 is 1.24 bits per heavy atom. The van der Waals surface area contributed by atoms with E-state index in [1.807, 2.05) is 30.7 Å². The topological polar surface area (TPSA) is 68.2 Å². The van der Waals surface area contributed by atoms with Crippen molar-refractivity contribution in [3.05, 3.63) is 53.3 Å². The Morgan fingerprint density at radius 3 is 2.52 bits per heavy atom. The molecule has 0 spiro atoms. The standard InChI is InChI=1S/C15H18N2O3S/c1-11-7-8-13(17(11)2)10-16-15(18)12-5-4-6-14(9-12)21(3,19)20/h4-9H,10H2,1-3H3,(H,16,18). The zero-order valence-corrected chi connectivity index (χ0v) is 13.1. The second-order valence-corrected chi connectivity index (χ2v) is 7.02. The highest BCUT2D eigenvalue weighted by atomic mass is 32.2. The molecule has 1 aromatic heterocycles. The zero-order valence-electron chi connectivity index (χ0n) is 12.3. The van der Waals surface area contributed by atoms with Crippen molar-refractivity contribution in [3.8, 4) is 0 Å². The molecule has 0 radical (unpaired) electrons. The molecule has 0 atom stereocenters. The first kappa shape index (κ1) is 15.3. The van der Waals surface area contributed by atoms with Crippen LogP contribution < -0.4 is 5.32 Å². The first-order chi connectivity index (χ1) is 9.79. The SMILES string of the molecule is Cc1ccc(CNC(=O)c2cccc(S(C)(=O)=O)c2)n1C. The Balaban J connectivity index is 2.12. The minimum atomic E-state index is -3.31. The lowest BCUT2D eigenvalue weighted by molar-refractivity contribution is 0.0950. The zero-order chi connectivity index (χ0) is 15.6. The molecule has 2 rings (SSSR count). The van der Waals surface area contributed by atoms with Crippen molar-refractivity contribution >= 4 is 15.7 Å². The Bertz CT molecular complexity index is 776. The van der Waals surface area contributed by atoms with Crippen LogP contribution in [0.4, 0.5) is 0 Å². The monoisotopic (exact) mass is 306 g/mol. The van der Waals surface area contributed by atoms with Gasteiger partial charge >= 0.3 is 0 Å². The molecule has 5 nitrogen and oxygen atoms in total. The van der Waals surface area contributed by atoms with Crippen LogP contribution in [0.15, 0.2) is 41.3 Å². The molecule has 0 saturated heterocycles. The number of nitrogens with one attached hydrogen (secondary N) is 1. The van der Waals surface area contributed by atoms with E-state index in [9.17, 15) is 13.2 Å². The summed E-state index contributed by atoms with van der Waals surface area (Å²) in [7, 11) is -1.38. The summed E-state index contributed by atoms with van der Waals surface area (Å²) in [5, 5.41) is 2.79. The van der Waals surface area contributed by atoms with E-state index in [1.54, 1.807) is 12.1 Å². The molecule has 0 saturated carbocycles. The summed E-state index contributed by atoms with van der Waals surface area (Å²) in [4.78, 5) is 12.2. The summed E-state index contributed by atoms with van der Waals surface area (Å²) in [6.07, 6.45) is 1.12. The van der Waals surface area contributed by atoms with E-state index in [2.05, 4.69) is 5.32 Å². The molecule has 112 valence electrons. The summed E-state index contributed by atoms with van der Waals surface area (Å²) < 4.78 is 25.0. The minimum Gasteiger partial charge on any atom is -0.350 e. The molecule has 1 heterocycles. The first-order valence-corrected chi connectivity index (χ1v) is 8.37. The highest BCUT2D eigenvalue weighted by Gasteiger charge is 2.12. The van der Waals surface area contributed by atoms with Crippen LogP contribution in [0.5, 0.6) is 0 Å². The van der Waals surface area contributed by atoms with Gasteiger partial charge in [-0.25, -0.2) is 8.42 Å². The van der Waals surface area contributed by atoms with Gasteiger partial charge in [0.15, 0.2) is 9.84 Å². The van der Waals surface area contributed by atoms with Crippen LogP contribution >= 0.6 is 0 Å². The molecule has 0 aliphatic heterocycles. The summed E-state index contributed by atoms with van der Waals surface area (Å²) >= 11 is 0. The number of benzene rings is 1. The van der Waals surface area contributed by atoms with Gasteiger partial charge in [-0.15, -0.1) is 0 Å². The van der Waals surface area contributed by atoms with Gasteiger partial charge in [-0.05, 0) is 37.3 Å². The van der Waals surface area contributed by atoms with Crippen LogP contribution in [0.1, 0.15) is 21.7 Å². The maximum absolute atomic E-state index is 12.1. The van der Waals surface area contributed by atoms with Gasteiger partial charge in [0.05, 0.1) is 11.4 Å². The molecular formula is C15H18N2O3S. The fraction of sp³-hybridized carbons (Fsp3) is 0.267. The van der Waals surface area contributed by atoms with Crippen molar-refractivity contribution in [2.75, 3.05) is 6.26 Å². The predicted molar refractivity (Wildman–Crippen MR) is 80.9 cm³/mol. The summed E-state index contributed by atoms with van der Waals surface area (Å²) in [5.74, 6) is -0.292. The molecule has 0 fully saturated rings. The third kappa shape index (κ3) is 3.52. The van der Waals surface area contributed by atoms with Crippen molar-refractivity contribution in [2.45, 2.75) is 18.4 Å². The van der Waals surface area contributed by atoms with Crippen LogP contribution in [0.3, 0.4) is 0 Å². The molecule has 21 heavy (non-hydrogen) atoms. The maximum atomic E-state index is 12.1. The molecule has 2 aromatic rings.